The molecule has 6 heteroatoms. The van der Waals surface area contributed by atoms with Gasteiger partial charge >= 0.3 is 0 Å². The molecular weight excluding hydrogens is 492 g/mol. The molecule has 9 aromatic rings. The lowest BCUT2D eigenvalue weighted by molar-refractivity contribution is 1.09. The van der Waals surface area contributed by atoms with Crippen molar-refractivity contribution in [3.63, 3.8) is 0 Å². The van der Waals surface area contributed by atoms with Gasteiger partial charge in [0.25, 0.3) is 0 Å². The SMILES string of the molecule is c1ccc2c(c1)c1c3c4ccccc4n(-c4ccc5ccncc5n4)c3ccc1n2-c1ccc2ccncc2n1. The van der Waals surface area contributed by atoms with Crippen molar-refractivity contribution in [3.05, 3.63) is 122 Å². The van der Waals surface area contributed by atoms with E-state index in [0.29, 0.717) is 0 Å². The van der Waals surface area contributed by atoms with Crippen LogP contribution in [0.15, 0.2) is 122 Å². The zero-order valence-electron chi connectivity index (χ0n) is 21.2. The zero-order valence-corrected chi connectivity index (χ0v) is 21.2. The first-order valence-electron chi connectivity index (χ1n) is 13.2. The van der Waals surface area contributed by atoms with Crippen LogP contribution >= 0.6 is 0 Å². The van der Waals surface area contributed by atoms with Crippen LogP contribution in [0.5, 0.6) is 0 Å². The zero-order chi connectivity index (χ0) is 26.2. The minimum atomic E-state index is 0.874. The molecule has 6 aromatic heterocycles. The molecule has 0 radical (unpaired) electrons. The Bertz CT molecular complexity index is 2280. The van der Waals surface area contributed by atoms with E-state index in [-0.39, 0.29) is 0 Å². The second kappa shape index (κ2) is 7.94. The van der Waals surface area contributed by atoms with Gasteiger partial charge in [-0.3, -0.25) is 19.1 Å². The highest BCUT2D eigenvalue weighted by molar-refractivity contribution is 6.28. The van der Waals surface area contributed by atoms with Crippen LogP contribution in [0.3, 0.4) is 0 Å². The van der Waals surface area contributed by atoms with Crippen LogP contribution in [0.4, 0.5) is 0 Å². The van der Waals surface area contributed by atoms with Gasteiger partial charge in [0.15, 0.2) is 0 Å². The predicted molar refractivity (Wildman–Crippen MR) is 161 cm³/mol. The van der Waals surface area contributed by atoms with E-state index >= 15 is 0 Å². The standard InChI is InChI=1S/C34H20N6/c1-3-7-27-23(5-1)33-29(39(27)31-13-9-21-15-17-35-19-25(21)37-31)11-12-30-34(33)24-6-2-4-8-28(24)40(30)32-14-10-22-16-18-36-20-26(22)38-32/h1-20H. The molecule has 0 atom stereocenters. The molecule has 0 aliphatic rings. The molecule has 0 bridgehead atoms. The largest absolute Gasteiger partial charge is 0.294 e. The number of pyridine rings is 4. The first-order valence-corrected chi connectivity index (χ1v) is 13.2. The fourth-order valence-corrected chi connectivity index (χ4v) is 6.17. The van der Waals surface area contributed by atoms with E-state index in [1.807, 2.05) is 24.5 Å². The van der Waals surface area contributed by atoms with Crippen LogP contribution in [0, 0.1) is 0 Å². The molecule has 9 rings (SSSR count). The molecule has 186 valence electrons. The monoisotopic (exact) mass is 512 g/mol. The van der Waals surface area contributed by atoms with Gasteiger partial charge in [0.05, 0.1) is 45.5 Å². The van der Waals surface area contributed by atoms with Crippen LogP contribution in [0.2, 0.25) is 0 Å². The topological polar surface area (TPSA) is 61.4 Å². The van der Waals surface area contributed by atoms with Crippen LogP contribution in [-0.4, -0.2) is 29.1 Å². The molecule has 0 aliphatic carbocycles. The van der Waals surface area contributed by atoms with Crippen LogP contribution in [0.1, 0.15) is 0 Å². The number of hydrogen-bond donors (Lipinski definition) is 0. The maximum atomic E-state index is 5.02. The van der Waals surface area contributed by atoms with Crippen LogP contribution in [-0.2, 0) is 0 Å². The second-order valence-corrected chi connectivity index (χ2v) is 10.0. The molecule has 0 saturated carbocycles. The molecule has 0 spiro atoms. The number of fused-ring (bicyclic) bond motifs is 9. The Labute approximate surface area is 227 Å². The van der Waals surface area contributed by atoms with Gasteiger partial charge in [0.1, 0.15) is 11.6 Å². The first kappa shape index (κ1) is 21.3. The summed E-state index contributed by atoms with van der Waals surface area (Å²) in [7, 11) is 0. The number of aromatic nitrogens is 6. The molecule has 6 heterocycles. The molecular formula is C34H20N6. The van der Waals surface area contributed by atoms with Crippen molar-refractivity contribution >= 4 is 65.4 Å². The van der Waals surface area contributed by atoms with Crippen molar-refractivity contribution in [2.75, 3.05) is 0 Å². The molecule has 6 nitrogen and oxygen atoms in total. The van der Waals surface area contributed by atoms with Crippen molar-refractivity contribution in [1.29, 1.82) is 0 Å². The number of hydrogen-bond acceptors (Lipinski definition) is 4. The lowest BCUT2D eigenvalue weighted by Gasteiger charge is -2.09. The third-order valence-corrected chi connectivity index (χ3v) is 7.89. The highest BCUT2D eigenvalue weighted by Crippen LogP contribution is 2.42. The Hall–Kier alpha value is -5.62. The Morgan fingerprint density at radius 2 is 0.900 bits per heavy atom. The normalized spacial score (nSPS) is 12.0. The Kier molecular flexibility index (Phi) is 4.24. The average Bonchev–Trinajstić information content (AvgIpc) is 3.53. The van der Waals surface area contributed by atoms with E-state index in [4.69, 9.17) is 9.97 Å². The van der Waals surface area contributed by atoms with Gasteiger partial charge in [-0.05, 0) is 60.7 Å². The van der Waals surface area contributed by atoms with Crippen molar-refractivity contribution < 1.29 is 0 Å². The molecule has 0 saturated heterocycles. The maximum absolute atomic E-state index is 5.02. The summed E-state index contributed by atoms with van der Waals surface area (Å²) in [6.07, 6.45) is 7.25. The van der Waals surface area contributed by atoms with E-state index in [9.17, 15) is 0 Å². The summed E-state index contributed by atoms with van der Waals surface area (Å²) in [4.78, 5) is 18.6. The van der Waals surface area contributed by atoms with Gasteiger partial charge in [-0.15, -0.1) is 0 Å². The fraction of sp³-hybridized carbons (Fsp3) is 0. The average molecular weight is 513 g/mol. The summed E-state index contributed by atoms with van der Waals surface area (Å²) >= 11 is 0. The number of rotatable bonds is 2. The van der Waals surface area contributed by atoms with E-state index in [0.717, 1.165) is 55.5 Å². The van der Waals surface area contributed by atoms with Crippen molar-refractivity contribution in [2.45, 2.75) is 0 Å². The summed E-state index contributed by atoms with van der Waals surface area (Å²) in [5.41, 5.74) is 6.21. The van der Waals surface area contributed by atoms with Gasteiger partial charge < -0.3 is 0 Å². The summed E-state index contributed by atoms with van der Waals surface area (Å²) in [6, 6.07) is 34.0. The molecule has 0 amide bonds. The lowest BCUT2D eigenvalue weighted by atomic mass is 10.1. The van der Waals surface area contributed by atoms with Gasteiger partial charge in [-0.25, -0.2) is 9.97 Å². The first-order chi connectivity index (χ1) is 19.8. The van der Waals surface area contributed by atoms with Crippen molar-refractivity contribution in [2.24, 2.45) is 0 Å². The Morgan fingerprint density at radius 3 is 1.40 bits per heavy atom. The minimum Gasteiger partial charge on any atom is -0.294 e. The van der Waals surface area contributed by atoms with Gasteiger partial charge in [-0.1, -0.05) is 36.4 Å². The Balaban J connectivity index is 1.43. The van der Waals surface area contributed by atoms with Crippen LogP contribution in [0.25, 0.3) is 77.1 Å². The van der Waals surface area contributed by atoms with E-state index in [2.05, 4.69) is 104 Å². The van der Waals surface area contributed by atoms with Crippen molar-refractivity contribution in [3.8, 4) is 11.6 Å². The highest BCUT2D eigenvalue weighted by Gasteiger charge is 2.21. The third-order valence-electron chi connectivity index (χ3n) is 7.89. The summed E-state index contributed by atoms with van der Waals surface area (Å²) in [5.74, 6) is 1.75. The summed E-state index contributed by atoms with van der Waals surface area (Å²) < 4.78 is 4.53. The van der Waals surface area contributed by atoms with E-state index < -0.39 is 0 Å². The molecule has 3 aromatic carbocycles. The summed E-state index contributed by atoms with van der Waals surface area (Å²) in [5, 5.41) is 6.94. The van der Waals surface area contributed by atoms with E-state index in [1.165, 1.54) is 21.5 Å². The molecule has 0 aliphatic heterocycles. The third kappa shape index (κ3) is 2.87. The minimum absolute atomic E-state index is 0.874. The lowest BCUT2D eigenvalue weighted by Crippen LogP contribution is -1.98. The fourth-order valence-electron chi connectivity index (χ4n) is 6.17. The maximum Gasteiger partial charge on any atom is 0.138 e. The number of para-hydroxylation sites is 2. The van der Waals surface area contributed by atoms with Crippen molar-refractivity contribution in [1.82, 2.24) is 29.1 Å². The summed E-state index contributed by atoms with van der Waals surface area (Å²) in [6.45, 7) is 0. The Morgan fingerprint density at radius 1 is 0.425 bits per heavy atom. The second-order valence-electron chi connectivity index (χ2n) is 10.0. The van der Waals surface area contributed by atoms with Gasteiger partial charge in [-0.2, -0.15) is 0 Å². The number of nitrogens with zero attached hydrogens (tertiary/aromatic N) is 6. The smallest absolute Gasteiger partial charge is 0.138 e. The highest BCUT2D eigenvalue weighted by atomic mass is 15.1. The van der Waals surface area contributed by atoms with Crippen LogP contribution < -0.4 is 0 Å². The quantitative estimate of drug-likeness (QED) is 0.237. The number of benzene rings is 3. The van der Waals surface area contributed by atoms with Gasteiger partial charge in [0, 0.05) is 44.7 Å². The molecule has 40 heavy (non-hydrogen) atoms. The molecule has 0 N–H and O–H groups in total. The van der Waals surface area contributed by atoms with E-state index in [1.54, 1.807) is 12.4 Å². The van der Waals surface area contributed by atoms with Gasteiger partial charge in [0.2, 0.25) is 0 Å². The molecule has 0 fully saturated rings. The predicted octanol–water partition coefficient (Wildman–Crippen LogP) is 7.77. The molecule has 0 unspecified atom stereocenters.